The first-order chi connectivity index (χ1) is 11.2. The molecule has 0 bridgehead atoms. The topological polar surface area (TPSA) is 53.0 Å². The molecule has 23 heavy (non-hydrogen) atoms. The Morgan fingerprint density at radius 1 is 1.35 bits per heavy atom. The van der Waals surface area contributed by atoms with Crippen molar-refractivity contribution in [1.82, 2.24) is 9.80 Å². The first-order valence-electron chi connectivity index (χ1n) is 8.25. The van der Waals surface area contributed by atoms with Crippen LogP contribution in [0.1, 0.15) is 13.3 Å². The number of β-amino-alcohol motifs (C(OH)–C–C–N with tert-alkyl or cyclic N) is 1. The highest BCUT2D eigenvalue weighted by Crippen LogP contribution is 2.35. The van der Waals surface area contributed by atoms with Crippen molar-refractivity contribution in [2.75, 3.05) is 38.5 Å². The average Bonchev–Trinajstić information content (AvgIpc) is 2.61. The fraction of sp³-hybridized carbons (Fsp3) is 0.588. The highest BCUT2D eigenvalue weighted by Gasteiger charge is 2.32. The lowest BCUT2D eigenvalue weighted by Gasteiger charge is -2.37. The number of hydrogen-bond donors (Lipinski definition) is 1. The first-order valence-corrected chi connectivity index (χ1v) is 9.23. The third kappa shape index (κ3) is 4.00. The molecular weight excluding hydrogens is 312 g/mol. The fourth-order valence-electron chi connectivity index (χ4n) is 2.92. The number of aliphatic hydroxyl groups is 1. The number of nitrogens with zero attached hydrogens (tertiary/aromatic N) is 2. The number of carbonyl (C=O) groups excluding carboxylic acids is 1. The molecule has 1 fully saturated rings. The largest absolute Gasteiger partial charge is 0.479 e. The summed E-state index contributed by atoms with van der Waals surface area (Å²) in [6, 6.07) is 7.87. The summed E-state index contributed by atoms with van der Waals surface area (Å²) in [6.07, 6.45) is 0.112. The van der Waals surface area contributed by atoms with E-state index in [4.69, 9.17) is 4.74 Å². The Bertz CT molecular complexity index is 546. The van der Waals surface area contributed by atoms with Crippen molar-refractivity contribution in [3.05, 3.63) is 24.3 Å². The zero-order valence-corrected chi connectivity index (χ0v) is 14.3. The summed E-state index contributed by atoms with van der Waals surface area (Å²) < 4.78 is 5.89. The number of para-hydroxylation sites is 1. The van der Waals surface area contributed by atoms with Crippen LogP contribution in [0.3, 0.4) is 0 Å². The Hall–Kier alpha value is -1.24. The molecule has 1 N–H and O–H groups in total. The van der Waals surface area contributed by atoms with E-state index in [1.807, 2.05) is 36.1 Å². The molecule has 6 heteroatoms. The molecule has 2 atom stereocenters. The predicted octanol–water partition coefficient (Wildman–Crippen LogP) is 1.45. The molecule has 1 saturated heterocycles. The number of benzene rings is 1. The maximum atomic E-state index is 12.7. The minimum atomic E-state index is -0.386. The summed E-state index contributed by atoms with van der Waals surface area (Å²) in [4.78, 5) is 17.9. The molecule has 2 aliphatic rings. The summed E-state index contributed by atoms with van der Waals surface area (Å²) in [5, 5.41) is 9.74. The highest BCUT2D eigenvalue weighted by atomic mass is 32.2. The Balaban J connectivity index is 1.52. The van der Waals surface area contributed by atoms with E-state index in [0.717, 1.165) is 30.2 Å². The SMILES string of the molecule is CC[C@@H](O)CN1CCN(C(=O)[C@@H]2CSc3ccccc3O2)CC1. The molecule has 0 unspecified atom stereocenters. The fourth-order valence-corrected chi connectivity index (χ4v) is 3.90. The van der Waals surface area contributed by atoms with E-state index < -0.39 is 0 Å². The van der Waals surface area contributed by atoms with E-state index in [1.54, 1.807) is 11.8 Å². The van der Waals surface area contributed by atoms with Gasteiger partial charge in [-0.05, 0) is 18.6 Å². The van der Waals surface area contributed by atoms with Crippen LogP contribution in [0.15, 0.2) is 29.2 Å². The smallest absolute Gasteiger partial charge is 0.264 e. The van der Waals surface area contributed by atoms with Gasteiger partial charge in [0.15, 0.2) is 6.10 Å². The molecule has 2 aliphatic heterocycles. The van der Waals surface area contributed by atoms with Gasteiger partial charge in [-0.15, -0.1) is 11.8 Å². The summed E-state index contributed by atoms with van der Waals surface area (Å²) in [5.41, 5.74) is 0. The zero-order chi connectivity index (χ0) is 16.2. The van der Waals surface area contributed by atoms with Gasteiger partial charge < -0.3 is 14.7 Å². The van der Waals surface area contributed by atoms with Crippen molar-refractivity contribution >= 4 is 17.7 Å². The lowest BCUT2D eigenvalue weighted by molar-refractivity contribution is -0.139. The molecule has 0 aromatic heterocycles. The number of rotatable bonds is 4. The maximum Gasteiger partial charge on any atom is 0.264 e. The number of amides is 1. The summed E-state index contributed by atoms with van der Waals surface area (Å²) in [6.45, 7) is 5.74. The van der Waals surface area contributed by atoms with Crippen LogP contribution in [-0.2, 0) is 4.79 Å². The zero-order valence-electron chi connectivity index (χ0n) is 13.5. The molecule has 1 aromatic rings. The predicted molar refractivity (Wildman–Crippen MR) is 90.9 cm³/mol. The van der Waals surface area contributed by atoms with Crippen LogP contribution in [0, 0.1) is 0 Å². The number of ether oxygens (including phenoxy) is 1. The summed E-state index contributed by atoms with van der Waals surface area (Å²) in [5.74, 6) is 1.57. The maximum absolute atomic E-state index is 12.7. The normalized spacial score (nSPS) is 23.0. The second kappa shape index (κ2) is 7.55. The lowest BCUT2D eigenvalue weighted by atomic mass is 10.2. The quantitative estimate of drug-likeness (QED) is 0.902. The van der Waals surface area contributed by atoms with Crippen LogP contribution in [-0.4, -0.2) is 71.5 Å². The number of carbonyl (C=O) groups is 1. The van der Waals surface area contributed by atoms with Gasteiger partial charge in [0.25, 0.3) is 5.91 Å². The average molecular weight is 336 g/mol. The van der Waals surface area contributed by atoms with Crippen LogP contribution >= 0.6 is 11.8 Å². The number of fused-ring (bicyclic) bond motifs is 1. The van der Waals surface area contributed by atoms with Crippen LogP contribution in [0.5, 0.6) is 5.75 Å². The van der Waals surface area contributed by atoms with Gasteiger partial charge >= 0.3 is 0 Å². The Morgan fingerprint density at radius 2 is 2.09 bits per heavy atom. The third-order valence-electron chi connectivity index (χ3n) is 4.41. The molecule has 0 spiro atoms. The summed E-state index contributed by atoms with van der Waals surface area (Å²) in [7, 11) is 0. The molecule has 5 nitrogen and oxygen atoms in total. The third-order valence-corrected chi connectivity index (χ3v) is 5.53. The Labute approximate surface area is 141 Å². The van der Waals surface area contributed by atoms with E-state index in [2.05, 4.69) is 4.90 Å². The number of thioether (sulfide) groups is 1. The molecule has 2 heterocycles. The first kappa shape index (κ1) is 16.6. The van der Waals surface area contributed by atoms with Crippen molar-refractivity contribution in [3.8, 4) is 5.75 Å². The van der Waals surface area contributed by atoms with Gasteiger partial charge in [-0.25, -0.2) is 0 Å². The van der Waals surface area contributed by atoms with Crippen LogP contribution in [0.2, 0.25) is 0 Å². The van der Waals surface area contributed by atoms with Crippen molar-refractivity contribution in [3.63, 3.8) is 0 Å². The van der Waals surface area contributed by atoms with E-state index in [9.17, 15) is 9.90 Å². The lowest BCUT2D eigenvalue weighted by Crippen LogP contribution is -2.54. The van der Waals surface area contributed by atoms with E-state index in [0.29, 0.717) is 25.4 Å². The highest BCUT2D eigenvalue weighted by molar-refractivity contribution is 7.99. The van der Waals surface area contributed by atoms with Gasteiger partial charge in [-0.2, -0.15) is 0 Å². The van der Waals surface area contributed by atoms with Gasteiger partial charge in [-0.1, -0.05) is 19.1 Å². The second-order valence-electron chi connectivity index (χ2n) is 6.05. The standard InChI is InChI=1S/C17H24N2O3S/c1-2-13(20)11-18-7-9-19(10-8-18)17(21)15-12-23-16-6-4-3-5-14(16)22-15/h3-6,13,15,20H,2,7-12H2,1H3/t13-,15+/m1/s1. The van der Waals surface area contributed by atoms with Gasteiger partial charge in [0.2, 0.25) is 0 Å². The Morgan fingerprint density at radius 3 is 2.83 bits per heavy atom. The molecule has 1 amide bonds. The summed E-state index contributed by atoms with van der Waals surface area (Å²) >= 11 is 1.69. The van der Waals surface area contributed by atoms with E-state index >= 15 is 0 Å². The minimum absolute atomic E-state index is 0.0858. The van der Waals surface area contributed by atoms with Crippen molar-refractivity contribution in [1.29, 1.82) is 0 Å². The van der Waals surface area contributed by atoms with Crippen LogP contribution in [0.4, 0.5) is 0 Å². The van der Waals surface area contributed by atoms with Gasteiger partial charge in [-0.3, -0.25) is 9.69 Å². The molecular formula is C17H24N2O3S. The van der Waals surface area contributed by atoms with E-state index in [-0.39, 0.29) is 18.1 Å². The number of hydrogen-bond acceptors (Lipinski definition) is 5. The van der Waals surface area contributed by atoms with Crippen LogP contribution in [0.25, 0.3) is 0 Å². The van der Waals surface area contributed by atoms with Crippen molar-refractivity contribution in [2.45, 2.75) is 30.4 Å². The number of aliphatic hydroxyl groups excluding tert-OH is 1. The molecule has 1 aromatic carbocycles. The molecule has 0 radical (unpaired) electrons. The molecule has 0 saturated carbocycles. The molecule has 3 rings (SSSR count). The van der Waals surface area contributed by atoms with Gasteiger partial charge in [0.1, 0.15) is 5.75 Å². The molecule has 0 aliphatic carbocycles. The second-order valence-corrected chi connectivity index (χ2v) is 7.11. The van der Waals surface area contributed by atoms with Crippen molar-refractivity contribution < 1.29 is 14.6 Å². The minimum Gasteiger partial charge on any atom is -0.479 e. The van der Waals surface area contributed by atoms with Gasteiger partial charge in [0, 0.05) is 43.4 Å². The number of piperazine rings is 1. The van der Waals surface area contributed by atoms with E-state index in [1.165, 1.54) is 0 Å². The monoisotopic (exact) mass is 336 g/mol. The van der Waals surface area contributed by atoms with Crippen LogP contribution < -0.4 is 4.74 Å². The van der Waals surface area contributed by atoms with Gasteiger partial charge in [0.05, 0.1) is 6.10 Å². The Kier molecular flexibility index (Phi) is 5.46. The van der Waals surface area contributed by atoms with Crippen molar-refractivity contribution in [2.24, 2.45) is 0 Å². The molecule has 126 valence electrons.